The Balaban J connectivity index is 2.15. The van der Waals surface area contributed by atoms with Crippen LogP contribution in [0.4, 0.5) is 14.5 Å². The first kappa shape index (κ1) is 14.2. The van der Waals surface area contributed by atoms with Gasteiger partial charge in [0.2, 0.25) is 0 Å². The monoisotopic (exact) mass is 275 g/mol. The standard InChI is InChI=1S/C16H15F2NO/c1-11-3-6-13(7-4-11)19(2)10-16(20)14-9-12(17)5-8-15(14)18/h3-9H,10H2,1-2H3. The molecule has 0 saturated heterocycles. The molecule has 4 heteroatoms. The number of Topliss-reactive ketones (excluding diaryl/α,β-unsaturated/α-hetero) is 1. The summed E-state index contributed by atoms with van der Waals surface area (Å²) in [4.78, 5) is 13.7. The number of rotatable bonds is 4. The van der Waals surface area contributed by atoms with Gasteiger partial charge in [-0.25, -0.2) is 8.78 Å². The summed E-state index contributed by atoms with van der Waals surface area (Å²) in [6, 6.07) is 10.5. The SMILES string of the molecule is Cc1ccc(N(C)CC(=O)c2cc(F)ccc2F)cc1. The van der Waals surface area contributed by atoms with Crippen molar-refractivity contribution in [2.45, 2.75) is 6.92 Å². The van der Waals surface area contributed by atoms with Gasteiger partial charge in [0.25, 0.3) is 0 Å². The Labute approximate surface area is 116 Å². The van der Waals surface area contributed by atoms with Crippen LogP contribution in [0.3, 0.4) is 0 Å². The van der Waals surface area contributed by atoms with Crippen LogP contribution in [0, 0.1) is 18.6 Å². The zero-order valence-corrected chi connectivity index (χ0v) is 11.4. The second-order valence-corrected chi connectivity index (χ2v) is 4.74. The largest absolute Gasteiger partial charge is 0.367 e. The number of aryl methyl sites for hydroxylation is 1. The molecule has 20 heavy (non-hydrogen) atoms. The zero-order valence-electron chi connectivity index (χ0n) is 11.4. The summed E-state index contributed by atoms with van der Waals surface area (Å²) in [6.07, 6.45) is 0. The molecule has 0 aliphatic heterocycles. The van der Waals surface area contributed by atoms with Crippen LogP contribution < -0.4 is 4.90 Å². The predicted molar refractivity (Wildman–Crippen MR) is 75.1 cm³/mol. The van der Waals surface area contributed by atoms with Crippen molar-refractivity contribution in [3.05, 3.63) is 65.2 Å². The average molecular weight is 275 g/mol. The highest BCUT2D eigenvalue weighted by Crippen LogP contribution is 2.16. The number of hydrogen-bond acceptors (Lipinski definition) is 2. The fraction of sp³-hybridized carbons (Fsp3) is 0.188. The molecule has 0 spiro atoms. The van der Waals surface area contributed by atoms with Gasteiger partial charge in [0.15, 0.2) is 5.78 Å². The van der Waals surface area contributed by atoms with E-state index in [1.54, 1.807) is 11.9 Å². The van der Waals surface area contributed by atoms with Crippen LogP contribution in [0.25, 0.3) is 0 Å². The summed E-state index contributed by atoms with van der Waals surface area (Å²) in [6.45, 7) is 1.96. The van der Waals surface area contributed by atoms with Crippen molar-refractivity contribution in [3.63, 3.8) is 0 Å². The van der Waals surface area contributed by atoms with Gasteiger partial charge in [-0.05, 0) is 37.3 Å². The molecule has 0 heterocycles. The van der Waals surface area contributed by atoms with E-state index in [1.165, 1.54) is 0 Å². The van der Waals surface area contributed by atoms with Crippen LogP contribution >= 0.6 is 0 Å². The summed E-state index contributed by atoms with van der Waals surface area (Å²) in [7, 11) is 1.74. The zero-order chi connectivity index (χ0) is 14.7. The van der Waals surface area contributed by atoms with Crippen LogP contribution in [-0.4, -0.2) is 19.4 Å². The van der Waals surface area contributed by atoms with Gasteiger partial charge in [-0.1, -0.05) is 17.7 Å². The van der Waals surface area contributed by atoms with Gasteiger partial charge in [0, 0.05) is 12.7 Å². The number of hydrogen-bond donors (Lipinski definition) is 0. The molecule has 0 bridgehead atoms. The summed E-state index contributed by atoms with van der Waals surface area (Å²) >= 11 is 0. The molecule has 2 nitrogen and oxygen atoms in total. The first-order chi connectivity index (χ1) is 9.47. The molecule has 0 radical (unpaired) electrons. The van der Waals surface area contributed by atoms with Gasteiger partial charge >= 0.3 is 0 Å². The first-order valence-corrected chi connectivity index (χ1v) is 6.23. The first-order valence-electron chi connectivity index (χ1n) is 6.23. The highest BCUT2D eigenvalue weighted by molar-refractivity contribution is 5.99. The molecule has 0 amide bonds. The number of ketones is 1. The maximum Gasteiger partial charge on any atom is 0.185 e. The third-order valence-electron chi connectivity index (χ3n) is 3.08. The molecule has 2 aromatic carbocycles. The fourth-order valence-electron chi connectivity index (χ4n) is 1.90. The Bertz CT molecular complexity index is 623. The van der Waals surface area contributed by atoms with E-state index in [0.717, 1.165) is 29.4 Å². The van der Waals surface area contributed by atoms with E-state index >= 15 is 0 Å². The number of anilines is 1. The summed E-state index contributed by atoms with van der Waals surface area (Å²) in [5.74, 6) is -1.77. The lowest BCUT2D eigenvalue weighted by atomic mass is 10.1. The Morgan fingerprint density at radius 1 is 1.10 bits per heavy atom. The smallest absolute Gasteiger partial charge is 0.185 e. The molecule has 0 aliphatic carbocycles. The molecular formula is C16H15F2NO. The van der Waals surface area contributed by atoms with E-state index in [4.69, 9.17) is 0 Å². The molecule has 0 aromatic heterocycles. The van der Waals surface area contributed by atoms with Crippen LogP contribution in [0.1, 0.15) is 15.9 Å². The molecular weight excluding hydrogens is 260 g/mol. The van der Waals surface area contributed by atoms with Crippen LogP contribution in [0.15, 0.2) is 42.5 Å². The van der Waals surface area contributed by atoms with Crippen LogP contribution in [-0.2, 0) is 0 Å². The molecule has 0 atom stereocenters. The topological polar surface area (TPSA) is 20.3 Å². The van der Waals surface area contributed by atoms with Crippen molar-refractivity contribution in [1.82, 2.24) is 0 Å². The van der Waals surface area contributed by atoms with E-state index in [-0.39, 0.29) is 12.1 Å². The van der Waals surface area contributed by atoms with E-state index in [9.17, 15) is 13.6 Å². The van der Waals surface area contributed by atoms with E-state index < -0.39 is 17.4 Å². The van der Waals surface area contributed by atoms with E-state index in [1.807, 2.05) is 31.2 Å². The molecule has 104 valence electrons. The van der Waals surface area contributed by atoms with Gasteiger partial charge in [-0.15, -0.1) is 0 Å². The van der Waals surface area contributed by atoms with E-state index in [2.05, 4.69) is 0 Å². The molecule has 2 aromatic rings. The number of carbonyl (C=O) groups is 1. The quantitative estimate of drug-likeness (QED) is 0.795. The minimum Gasteiger partial charge on any atom is -0.367 e. The number of halogens is 2. The Morgan fingerprint density at radius 2 is 1.75 bits per heavy atom. The minimum atomic E-state index is -0.700. The van der Waals surface area contributed by atoms with Gasteiger partial charge < -0.3 is 4.90 Å². The number of carbonyl (C=O) groups excluding carboxylic acids is 1. The Morgan fingerprint density at radius 3 is 2.40 bits per heavy atom. The maximum atomic E-state index is 13.5. The van der Waals surface area contributed by atoms with Crippen molar-refractivity contribution in [2.24, 2.45) is 0 Å². The highest BCUT2D eigenvalue weighted by atomic mass is 19.1. The fourth-order valence-corrected chi connectivity index (χ4v) is 1.90. The molecule has 0 fully saturated rings. The van der Waals surface area contributed by atoms with Gasteiger partial charge in [0.1, 0.15) is 11.6 Å². The highest BCUT2D eigenvalue weighted by Gasteiger charge is 2.15. The molecule has 0 saturated carbocycles. The number of benzene rings is 2. The molecule has 0 N–H and O–H groups in total. The summed E-state index contributed by atoms with van der Waals surface area (Å²) in [5, 5.41) is 0. The second kappa shape index (κ2) is 5.82. The van der Waals surface area contributed by atoms with Gasteiger partial charge in [-0.2, -0.15) is 0 Å². The predicted octanol–water partition coefficient (Wildman–Crippen LogP) is 3.59. The third kappa shape index (κ3) is 3.20. The van der Waals surface area contributed by atoms with Crippen molar-refractivity contribution in [1.29, 1.82) is 0 Å². The van der Waals surface area contributed by atoms with Crippen LogP contribution in [0.2, 0.25) is 0 Å². The van der Waals surface area contributed by atoms with Crippen molar-refractivity contribution in [3.8, 4) is 0 Å². The van der Waals surface area contributed by atoms with Gasteiger partial charge in [-0.3, -0.25) is 4.79 Å². The molecule has 2 rings (SSSR count). The number of likely N-dealkylation sites (N-methyl/N-ethyl adjacent to an activating group) is 1. The van der Waals surface area contributed by atoms with E-state index in [0.29, 0.717) is 0 Å². The number of nitrogens with zero attached hydrogens (tertiary/aromatic N) is 1. The maximum absolute atomic E-state index is 13.5. The van der Waals surface area contributed by atoms with Crippen molar-refractivity contribution >= 4 is 11.5 Å². The van der Waals surface area contributed by atoms with Crippen molar-refractivity contribution < 1.29 is 13.6 Å². The second-order valence-electron chi connectivity index (χ2n) is 4.74. The Kier molecular flexibility index (Phi) is 4.13. The minimum absolute atomic E-state index is 0.0105. The lowest BCUT2D eigenvalue weighted by molar-refractivity contribution is 0.0996. The normalized spacial score (nSPS) is 10.4. The Hall–Kier alpha value is -2.23. The van der Waals surface area contributed by atoms with Crippen LogP contribution in [0.5, 0.6) is 0 Å². The molecule has 0 aliphatic rings. The third-order valence-corrected chi connectivity index (χ3v) is 3.08. The summed E-state index contributed by atoms with van der Waals surface area (Å²) < 4.78 is 26.6. The molecule has 0 unspecified atom stereocenters. The van der Waals surface area contributed by atoms with Gasteiger partial charge in [0.05, 0.1) is 12.1 Å². The lowest BCUT2D eigenvalue weighted by Crippen LogP contribution is -2.26. The average Bonchev–Trinajstić information content (AvgIpc) is 2.42. The summed E-state index contributed by atoms with van der Waals surface area (Å²) in [5.41, 5.74) is 1.74. The lowest BCUT2D eigenvalue weighted by Gasteiger charge is -2.18. The van der Waals surface area contributed by atoms with Crippen molar-refractivity contribution in [2.75, 3.05) is 18.5 Å².